The Labute approximate surface area is 151 Å². The van der Waals surface area contributed by atoms with Crippen LogP contribution in [0.15, 0.2) is 60.9 Å². The summed E-state index contributed by atoms with van der Waals surface area (Å²) in [6, 6.07) is 16.8. The van der Waals surface area contributed by atoms with E-state index in [1.165, 1.54) is 11.9 Å². The number of carbonyl (C=O) groups excluding carboxylic acids is 1. The second kappa shape index (κ2) is 7.77. The molecule has 3 rings (SSSR count). The smallest absolute Gasteiger partial charge is 0.274 e. The lowest BCUT2D eigenvalue weighted by Gasteiger charge is -2.08. The van der Waals surface area contributed by atoms with Gasteiger partial charge < -0.3 is 10.6 Å². The van der Waals surface area contributed by atoms with Crippen molar-refractivity contribution in [3.8, 4) is 0 Å². The van der Waals surface area contributed by atoms with Crippen molar-refractivity contribution in [2.75, 3.05) is 10.6 Å². The minimum absolute atomic E-state index is 0.279. The largest absolute Gasteiger partial charge is 0.366 e. The summed E-state index contributed by atoms with van der Waals surface area (Å²) in [6.45, 7) is 2.67. The third-order valence-corrected chi connectivity index (χ3v) is 3.81. The van der Waals surface area contributed by atoms with Crippen LogP contribution < -0.4 is 10.6 Å². The highest BCUT2D eigenvalue weighted by molar-refractivity contribution is 6.30. The number of nitrogens with zero attached hydrogens (tertiary/aromatic N) is 2. The van der Waals surface area contributed by atoms with Gasteiger partial charge >= 0.3 is 0 Å². The average Bonchev–Trinajstić information content (AvgIpc) is 2.61. The predicted octanol–water partition coefficient (Wildman–Crippen LogP) is 4.30. The molecule has 0 aliphatic rings. The summed E-state index contributed by atoms with van der Waals surface area (Å²) in [5.41, 5.74) is 3.24. The molecule has 25 heavy (non-hydrogen) atoms. The number of hydrogen-bond donors (Lipinski definition) is 2. The van der Waals surface area contributed by atoms with Gasteiger partial charge in [-0.25, -0.2) is 9.97 Å². The van der Waals surface area contributed by atoms with E-state index in [0.29, 0.717) is 23.1 Å². The second-order valence-electron chi connectivity index (χ2n) is 5.59. The third-order valence-electron chi connectivity index (χ3n) is 3.58. The molecule has 1 aromatic heterocycles. The molecular weight excluding hydrogens is 336 g/mol. The van der Waals surface area contributed by atoms with E-state index in [1.54, 1.807) is 30.3 Å². The quantitative estimate of drug-likeness (QED) is 0.718. The third kappa shape index (κ3) is 4.78. The van der Waals surface area contributed by atoms with Crippen LogP contribution in [-0.4, -0.2) is 15.9 Å². The van der Waals surface area contributed by atoms with E-state index in [0.717, 1.165) is 5.56 Å². The van der Waals surface area contributed by atoms with Gasteiger partial charge in [0.2, 0.25) is 0 Å². The van der Waals surface area contributed by atoms with Crippen molar-refractivity contribution in [2.24, 2.45) is 0 Å². The van der Waals surface area contributed by atoms with Crippen LogP contribution in [-0.2, 0) is 6.54 Å². The van der Waals surface area contributed by atoms with Gasteiger partial charge in [-0.3, -0.25) is 4.79 Å². The van der Waals surface area contributed by atoms with E-state index >= 15 is 0 Å². The number of nitrogens with one attached hydrogen (secondary N) is 2. The zero-order valence-electron chi connectivity index (χ0n) is 13.7. The Morgan fingerprint density at radius 1 is 1.08 bits per heavy atom. The van der Waals surface area contributed by atoms with Crippen molar-refractivity contribution in [1.29, 1.82) is 0 Å². The first-order valence-electron chi connectivity index (χ1n) is 7.78. The Morgan fingerprint density at radius 2 is 1.88 bits per heavy atom. The molecule has 2 aromatic carbocycles. The van der Waals surface area contributed by atoms with Gasteiger partial charge in [0.05, 0.1) is 0 Å². The fourth-order valence-electron chi connectivity index (χ4n) is 2.24. The molecule has 0 fully saturated rings. The van der Waals surface area contributed by atoms with Crippen LogP contribution in [0.4, 0.5) is 11.5 Å². The van der Waals surface area contributed by atoms with Crippen molar-refractivity contribution in [3.63, 3.8) is 0 Å². The second-order valence-corrected chi connectivity index (χ2v) is 6.03. The molecule has 0 aliphatic carbocycles. The highest BCUT2D eigenvalue weighted by Crippen LogP contribution is 2.16. The number of aryl methyl sites for hydroxylation is 1. The maximum absolute atomic E-state index is 12.3. The summed E-state index contributed by atoms with van der Waals surface area (Å²) in [6.07, 6.45) is 1.37. The van der Waals surface area contributed by atoms with Gasteiger partial charge in [0.15, 0.2) is 0 Å². The molecule has 0 unspecified atom stereocenters. The van der Waals surface area contributed by atoms with E-state index in [-0.39, 0.29) is 11.6 Å². The van der Waals surface area contributed by atoms with Gasteiger partial charge in [0, 0.05) is 23.3 Å². The number of hydrogen-bond acceptors (Lipinski definition) is 4. The van der Waals surface area contributed by atoms with E-state index in [9.17, 15) is 4.79 Å². The van der Waals surface area contributed by atoms with Crippen LogP contribution in [0.2, 0.25) is 5.02 Å². The van der Waals surface area contributed by atoms with Crippen molar-refractivity contribution in [1.82, 2.24) is 9.97 Å². The molecule has 0 saturated carbocycles. The van der Waals surface area contributed by atoms with E-state index < -0.39 is 0 Å². The number of aromatic nitrogens is 2. The summed E-state index contributed by atoms with van der Waals surface area (Å²) in [5, 5.41) is 6.52. The molecular formula is C19H17ClN4O. The average molecular weight is 353 g/mol. The van der Waals surface area contributed by atoms with Crippen LogP contribution >= 0.6 is 11.6 Å². The van der Waals surface area contributed by atoms with Crippen LogP contribution in [0.1, 0.15) is 21.6 Å². The zero-order valence-corrected chi connectivity index (χ0v) is 14.4. The molecule has 0 radical (unpaired) electrons. The Hall–Kier alpha value is -2.92. The molecule has 6 heteroatoms. The number of benzene rings is 2. The summed E-state index contributed by atoms with van der Waals surface area (Å²) in [4.78, 5) is 20.5. The van der Waals surface area contributed by atoms with Crippen molar-refractivity contribution in [2.45, 2.75) is 13.5 Å². The lowest BCUT2D eigenvalue weighted by atomic mass is 10.1. The summed E-state index contributed by atoms with van der Waals surface area (Å²) in [5.74, 6) is 0.273. The van der Waals surface area contributed by atoms with Gasteiger partial charge in [-0.2, -0.15) is 0 Å². The Kier molecular flexibility index (Phi) is 5.26. The number of carbonyl (C=O) groups is 1. The maximum atomic E-state index is 12.3. The topological polar surface area (TPSA) is 66.9 Å². The Morgan fingerprint density at radius 3 is 2.64 bits per heavy atom. The monoisotopic (exact) mass is 352 g/mol. The van der Waals surface area contributed by atoms with Crippen molar-refractivity contribution in [3.05, 3.63) is 82.8 Å². The van der Waals surface area contributed by atoms with Crippen LogP contribution in [0.5, 0.6) is 0 Å². The molecule has 0 atom stereocenters. The predicted molar refractivity (Wildman–Crippen MR) is 99.9 cm³/mol. The standard InChI is InChI=1S/C19H17ClN4O/c1-13-5-7-14(8-6-13)11-21-18-10-17(22-12-23-18)19(25)24-16-4-2-3-15(20)9-16/h2-10,12H,11H2,1H3,(H,24,25)(H,21,22,23). The molecule has 3 aromatic rings. The first kappa shape index (κ1) is 16.9. The SMILES string of the molecule is Cc1ccc(CNc2cc(C(=O)Nc3cccc(Cl)c3)ncn2)cc1. The van der Waals surface area contributed by atoms with Gasteiger partial charge in [-0.1, -0.05) is 47.5 Å². The Balaban J connectivity index is 1.66. The lowest BCUT2D eigenvalue weighted by Crippen LogP contribution is -2.14. The summed E-state index contributed by atoms with van der Waals surface area (Å²) >= 11 is 5.92. The van der Waals surface area contributed by atoms with Gasteiger partial charge in [-0.05, 0) is 30.7 Å². The fraction of sp³-hybridized carbons (Fsp3) is 0.105. The van der Waals surface area contributed by atoms with Gasteiger partial charge in [0.25, 0.3) is 5.91 Å². The molecule has 1 amide bonds. The minimum atomic E-state index is -0.317. The van der Waals surface area contributed by atoms with Gasteiger partial charge in [0.1, 0.15) is 17.8 Å². The van der Waals surface area contributed by atoms with Gasteiger partial charge in [-0.15, -0.1) is 0 Å². The number of halogens is 1. The van der Waals surface area contributed by atoms with E-state index in [2.05, 4.69) is 44.9 Å². The van der Waals surface area contributed by atoms with Crippen molar-refractivity contribution < 1.29 is 4.79 Å². The summed E-state index contributed by atoms with van der Waals surface area (Å²) < 4.78 is 0. The summed E-state index contributed by atoms with van der Waals surface area (Å²) in [7, 11) is 0. The minimum Gasteiger partial charge on any atom is -0.366 e. The fourth-order valence-corrected chi connectivity index (χ4v) is 2.43. The first-order valence-corrected chi connectivity index (χ1v) is 8.16. The molecule has 0 aliphatic heterocycles. The molecule has 126 valence electrons. The van der Waals surface area contributed by atoms with E-state index in [4.69, 9.17) is 11.6 Å². The highest BCUT2D eigenvalue weighted by Gasteiger charge is 2.09. The number of rotatable bonds is 5. The molecule has 1 heterocycles. The first-order chi connectivity index (χ1) is 12.1. The normalized spacial score (nSPS) is 10.3. The zero-order chi connectivity index (χ0) is 17.6. The molecule has 2 N–H and O–H groups in total. The van der Waals surface area contributed by atoms with Crippen molar-refractivity contribution >= 4 is 29.0 Å². The van der Waals surface area contributed by atoms with Crippen LogP contribution in [0.25, 0.3) is 0 Å². The van der Waals surface area contributed by atoms with Crippen LogP contribution in [0.3, 0.4) is 0 Å². The molecule has 0 bridgehead atoms. The number of anilines is 2. The molecule has 5 nitrogen and oxygen atoms in total. The molecule has 0 spiro atoms. The number of amides is 1. The lowest BCUT2D eigenvalue weighted by molar-refractivity contribution is 0.102. The highest BCUT2D eigenvalue weighted by atomic mass is 35.5. The van der Waals surface area contributed by atoms with Crippen LogP contribution in [0, 0.1) is 6.92 Å². The molecule has 0 saturated heterocycles. The Bertz CT molecular complexity index is 881. The maximum Gasteiger partial charge on any atom is 0.274 e. The van der Waals surface area contributed by atoms with E-state index in [1.807, 2.05) is 6.92 Å².